The lowest BCUT2D eigenvalue weighted by atomic mass is 10.2. The Morgan fingerprint density at radius 2 is 1.27 bits per heavy atom. The molecule has 0 saturated carbocycles. The Labute approximate surface area is 95.5 Å². The van der Waals surface area contributed by atoms with Gasteiger partial charge in [0.05, 0.1) is 32.2 Å². The Morgan fingerprint density at radius 3 is 1.47 bits per heavy atom. The van der Waals surface area contributed by atoms with Crippen molar-refractivity contribution in [2.45, 2.75) is 53.0 Å². The van der Waals surface area contributed by atoms with Gasteiger partial charge in [0, 0.05) is 0 Å². The Morgan fingerprint density at radius 1 is 0.933 bits per heavy atom. The maximum absolute atomic E-state index is 5.95. The van der Waals surface area contributed by atoms with Gasteiger partial charge in [0.2, 0.25) is 0 Å². The predicted octanol–water partition coefficient (Wildman–Crippen LogP) is 2.20. The van der Waals surface area contributed by atoms with E-state index in [0.717, 1.165) is 6.54 Å². The van der Waals surface area contributed by atoms with Crippen LogP contribution >= 0.6 is 0 Å². The topological polar surface area (TPSA) is 56.0 Å². The van der Waals surface area contributed by atoms with Crippen molar-refractivity contribution >= 4 is 0 Å². The molecule has 0 aromatic heterocycles. The van der Waals surface area contributed by atoms with E-state index in [1.165, 1.54) is 43.4 Å². The van der Waals surface area contributed by atoms with Crippen LogP contribution in [0.3, 0.4) is 0 Å². The molecule has 3 N–H and O–H groups in total. The Hall–Kier alpha value is -0.120. The van der Waals surface area contributed by atoms with Crippen molar-refractivity contribution in [3.63, 3.8) is 0 Å². The summed E-state index contributed by atoms with van der Waals surface area (Å²) in [4.78, 5) is 0. The van der Waals surface area contributed by atoms with Gasteiger partial charge >= 0.3 is 0 Å². The highest BCUT2D eigenvalue weighted by molar-refractivity contribution is 4.54. The number of rotatable bonds is 8. The van der Waals surface area contributed by atoms with E-state index in [1.807, 2.05) is 0 Å². The van der Waals surface area contributed by atoms with Crippen LogP contribution in [-0.2, 0) is 0 Å². The number of hydrogen-bond donors (Lipinski definition) is 1. The van der Waals surface area contributed by atoms with Crippen LogP contribution in [0, 0.1) is 0 Å². The molecule has 0 aliphatic heterocycles. The summed E-state index contributed by atoms with van der Waals surface area (Å²) in [5, 5.41) is 0. The SMILES string of the molecule is CCC[N+](CCC)(CCC)CC(C)N.[OH-]. The van der Waals surface area contributed by atoms with Crippen LogP contribution in [0.15, 0.2) is 0 Å². The molecule has 0 saturated heterocycles. The van der Waals surface area contributed by atoms with Gasteiger partial charge in [-0.05, 0) is 26.2 Å². The van der Waals surface area contributed by atoms with Crippen LogP contribution in [0.1, 0.15) is 47.0 Å². The lowest BCUT2D eigenvalue weighted by Crippen LogP contribution is -2.54. The average molecular weight is 218 g/mol. The minimum absolute atomic E-state index is 0. The van der Waals surface area contributed by atoms with Gasteiger partial charge in [-0.3, -0.25) is 0 Å². The molecule has 0 fully saturated rings. The summed E-state index contributed by atoms with van der Waals surface area (Å²) < 4.78 is 1.24. The average Bonchev–Trinajstić information content (AvgIpc) is 2.03. The zero-order valence-electron chi connectivity index (χ0n) is 11.0. The molecule has 0 bridgehead atoms. The molecule has 0 aromatic carbocycles. The monoisotopic (exact) mass is 218 g/mol. The molecule has 0 radical (unpaired) electrons. The minimum atomic E-state index is 0. The molecule has 0 aliphatic rings. The zero-order chi connectivity index (χ0) is 11.0. The zero-order valence-corrected chi connectivity index (χ0v) is 11.0. The van der Waals surface area contributed by atoms with Gasteiger partial charge in [0.15, 0.2) is 0 Å². The van der Waals surface area contributed by atoms with Crippen molar-refractivity contribution in [2.75, 3.05) is 26.2 Å². The molecule has 0 amide bonds. The maximum Gasteiger partial charge on any atom is 0.0937 e. The first-order valence-electron chi connectivity index (χ1n) is 6.21. The molecule has 0 aliphatic carbocycles. The maximum atomic E-state index is 5.95. The largest absolute Gasteiger partial charge is 0.870 e. The minimum Gasteiger partial charge on any atom is -0.870 e. The van der Waals surface area contributed by atoms with E-state index >= 15 is 0 Å². The lowest BCUT2D eigenvalue weighted by Gasteiger charge is -2.39. The normalized spacial score (nSPS) is 13.4. The smallest absolute Gasteiger partial charge is 0.0937 e. The van der Waals surface area contributed by atoms with E-state index in [-0.39, 0.29) is 5.48 Å². The molecule has 3 nitrogen and oxygen atoms in total. The highest BCUT2D eigenvalue weighted by Gasteiger charge is 2.25. The summed E-state index contributed by atoms with van der Waals surface area (Å²) in [5.74, 6) is 0. The summed E-state index contributed by atoms with van der Waals surface area (Å²) in [7, 11) is 0. The van der Waals surface area contributed by atoms with Gasteiger partial charge in [-0.1, -0.05) is 20.8 Å². The standard InChI is InChI=1S/C12H29N2.H2O/c1-5-8-14(9-6-2,10-7-3)11-12(4)13;/h12H,5-11,13H2,1-4H3;1H2/q+1;/p-1. The van der Waals surface area contributed by atoms with Crippen molar-refractivity contribution in [1.82, 2.24) is 0 Å². The molecule has 0 rings (SSSR count). The highest BCUT2D eigenvalue weighted by Crippen LogP contribution is 2.12. The van der Waals surface area contributed by atoms with Gasteiger partial charge in [0.1, 0.15) is 0 Å². The van der Waals surface area contributed by atoms with E-state index in [0.29, 0.717) is 6.04 Å². The summed E-state index contributed by atoms with van der Waals surface area (Å²) in [6.45, 7) is 14.0. The molecule has 1 atom stereocenters. The van der Waals surface area contributed by atoms with Crippen molar-refractivity contribution in [3.05, 3.63) is 0 Å². The van der Waals surface area contributed by atoms with Gasteiger partial charge < -0.3 is 15.7 Å². The fourth-order valence-corrected chi connectivity index (χ4v) is 2.64. The Bertz CT molecular complexity index is 121. The first-order chi connectivity index (χ1) is 6.60. The van der Waals surface area contributed by atoms with E-state index in [9.17, 15) is 0 Å². The van der Waals surface area contributed by atoms with Gasteiger partial charge in [-0.25, -0.2) is 0 Å². The van der Waals surface area contributed by atoms with Crippen LogP contribution in [0.4, 0.5) is 0 Å². The fraction of sp³-hybridized carbons (Fsp3) is 1.00. The summed E-state index contributed by atoms with van der Waals surface area (Å²) in [5.41, 5.74) is 5.95. The van der Waals surface area contributed by atoms with E-state index in [1.54, 1.807) is 0 Å². The Kier molecular flexibility index (Phi) is 10.5. The van der Waals surface area contributed by atoms with Crippen molar-refractivity contribution < 1.29 is 9.96 Å². The van der Waals surface area contributed by atoms with Crippen LogP contribution in [0.5, 0.6) is 0 Å². The van der Waals surface area contributed by atoms with E-state index in [4.69, 9.17) is 5.73 Å². The van der Waals surface area contributed by atoms with Crippen molar-refractivity contribution in [3.8, 4) is 0 Å². The lowest BCUT2D eigenvalue weighted by molar-refractivity contribution is -0.929. The Balaban J connectivity index is 0. The van der Waals surface area contributed by atoms with Crippen LogP contribution < -0.4 is 5.73 Å². The molecular formula is C12H30N2O. The highest BCUT2D eigenvalue weighted by atomic mass is 16.0. The second-order valence-electron chi connectivity index (χ2n) is 4.67. The molecule has 0 aromatic rings. The van der Waals surface area contributed by atoms with Crippen molar-refractivity contribution in [2.24, 2.45) is 5.73 Å². The van der Waals surface area contributed by atoms with E-state index in [2.05, 4.69) is 27.7 Å². The summed E-state index contributed by atoms with van der Waals surface area (Å²) >= 11 is 0. The van der Waals surface area contributed by atoms with Crippen LogP contribution in [0.2, 0.25) is 0 Å². The second-order valence-corrected chi connectivity index (χ2v) is 4.67. The summed E-state index contributed by atoms with van der Waals surface area (Å²) in [6.07, 6.45) is 3.81. The van der Waals surface area contributed by atoms with E-state index < -0.39 is 0 Å². The third kappa shape index (κ3) is 6.88. The molecule has 0 spiro atoms. The van der Waals surface area contributed by atoms with Crippen LogP contribution in [-0.4, -0.2) is 42.2 Å². The molecule has 15 heavy (non-hydrogen) atoms. The molecule has 1 unspecified atom stereocenters. The first-order valence-corrected chi connectivity index (χ1v) is 6.21. The predicted molar refractivity (Wildman–Crippen MR) is 66.2 cm³/mol. The second kappa shape index (κ2) is 9.13. The van der Waals surface area contributed by atoms with Crippen molar-refractivity contribution in [1.29, 1.82) is 0 Å². The quantitative estimate of drug-likeness (QED) is 0.635. The number of quaternary nitrogens is 1. The number of hydrogen-bond acceptors (Lipinski definition) is 2. The van der Waals surface area contributed by atoms with Crippen LogP contribution in [0.25, 0.3) is 0 Å². The molecule has 3 heteroatoms. The molecular weight excluding hydrogens is 188 g/mol. The molecule has 0 heterocycles. The third-order valence-electron chi connectivity index (χ3n) is 2.77. The fourth-order valence-electron chi connectivity index (χ4n) is 2.64. The number of nitrogens with two attached hydrogens (primary N) is 1. The third-order valence-corrected chi connectivity index (χ3v) is 2.77. The van der Waals surface area contributed by atoms with Gasteiger partial charge in [-0.15, -0.1) is 0 Å². The van der Waals surface area contributed by atoms with Gasteiger partial charge in [0.25, 0.3) is 0 Å². The first kappa shape index (κ1) is 17.3. The number of nitrogens with zero attached hydrogens (tertiary/aromatic N) is 1. The van der Waals surface area contributed by atoms with Gasteiger partial charge in [-0.2, -0.15) is 0 Å². The molecule has 94 valence electrons. The summed E-state index contributed by atoms with van der Waals surface area (Å²) in [6, 6.07) is 0.333.